The van der Waals surface area contributed by atoms with Gasteiger partial charge in [-0.2, -0.15) is 0 Å². The zero-order valence-electron chi connectivity index (χ0n) is 33.4. The number of aromatic amines is 1. The first-order valence-electron chi connectivity index (χ1n) is 19.6. The maximum absolute atomic E-state index is 14.9. The predicted octanol–water partition coefficient (Wildman–Crippen LogP) is 5.52. The van der Waals surface area contributed by atoms with Crippen LogP contribution in [-0.4, -0.2) is 93.7 Å². The minimum Gasteiger partial charge on any atom is -0.495 e. The zero-order valence-corrected chi connectivity index (χ0v) is 35.8. The summed E-state index contributed by atoms with van der Waals surface area (Å²) in [6.45, 7) is 12.8. The molecular weight excluding hydrogens is 832 g/mol. The summed E-state index contributed by atoms with van der Waals surface area (Å²) in [5.41, 5.74) is -1.91. The summed E-state index contributed by atoms with van der Waals surface area (Å²) in [5.74, 6) is -1.76. The average molecular weight is 883 g/mol. The molecule has 0 radical (unpaired) electrons. The van der Waals surface area contributed by atoms with E-state index in [1.165, 1.54) is 16.2 Å². The van der Waals surface area contributed by atoms with Crippen molar-refractivity contribution in [3.05, 3.63) is 40.7 Å². The van der Waals surface area contributed by atoms with Crippen molar-refractivity contribution in [2.75, 3.05) is 19.0 Å². The number of halogens is 1. The number of fused-ring (bicyclic) bond motifs is 1. The van der Waals surface area contributed by atoms with E-state index in [-0.39, 0.29) is 43.1 Å². The molecule has 17 heteroatoms. The molecule has 1 aromatic carbocycles. The van der Waals surface area contributed by atoms with Gasteiger partial charge in [-0.05, 0) is 65.6 Å². The maximum Gasteiger partial charge on any atom is 0.408 e. The van der Waals surface area contributed by atoms with Crippen LogP contribution in [0.15, 0.2) is 40.7 Å². The van der Waals surface area contributed by atoms with Crippen molar-refractivity contribution in [2.24, 2.45) is 17.3 Å². The first-order chi connectivity index (χ1) is 27.4. The van der Waals surface area contributed by atoms with Crippen molar-refractivity contribution in [3.63, 3.8) is 0 Å². The van der Waals surface area contributed by atoms with Gasteiger partial charge in [0.05, 0.1) is 25.1 Å². The number of carboxylic acids is 1. The van der Waals surface area contributed by atoms with E-state index in [1.807, 2.05) is 26.8 Å². The lowest BCUT2D eigenvalue weighted by Crippen LogP contribution is -2.58. The van der Waals surface area contributed by atoms with E-state index in [1.54, 1.807) is 44.5 Å². The Morgan fingerprint density at radius 1 is 1.14 bits per heavy atom. The Kier molecular flexibility index (Phi) is 11.1. The van der Waals surface area contributed by atoms with E-state index in [0.29, 0.717) is 43.4 Å². The van der Waals surface area contributed by atoms with Crippen LogP contribution in [0.2, 0.25) is 0 Å². The quantitative estimate of drug-likeness (QED) is 0.158. The van der Waals surface area contributed by atoms with Crippen LogP contribution in [0.1, 0.15) is 73.1 Å². The average Bonchev–Trinajstić information content (AvgIpc) is 3.59. The number of aromatic nitrogens is 2. The van der Waals surface area contributed by atoms with E-state index in [0.717, 1.165) is 25.7 Å². The lowest BCUT2D eigenvalue weighted by atomic mass is 9.85. The molecule has 58 heavy (non-hydrogen) atoms. The van der Waals surface area contributed by atoms with Crippen LogP contribution in [0, 0.1) is 17.3 Å². The number of hydrogen-bond donors (Lipinski definition) is 4. The summed E-state index contributed by atoms with van der Waals surface area (Å²) >= 11 is 4.94. The highest BCUT2D eigenvalue weighted by atomic mass is 79.9. The van der Waals surface area contributed by atoms with Crippen LogP contribution in [-0.2, 0) is 23.9 Å². The molecular formula is C41H50BrN6O9S+. The van der Waals surface area contributed by atoms with Gasteiger partial charge in [0.2, 0.25) is 23.0 Å². The molecule has 3 heterocycles. The van der Waals surface area contributed by atoms with Gasteiger partial charge in [0, 0.05) is 23.6 Å². The number of ether oxygens (including phenoxy) is 3. The van der Waals surface area contributed by atoms with Gasteiger partial charge in [-0.25, -0.2) is 14.8 Å². The normalized spacial score (nSPS) is 25.8. The van der Waals surface area contributed by atoms with Crippen LogP contribution in [0.4, 0.5) is 9.93 Å². The van der Waals surface area contributed by atoms with Crippen LogP contribution in [0.3, 0.4) is 0 Å². The second-order valence-electron chi connectivity index (χ2n) is 17.1. The Bertz CT molecular complexity index is 2180. The van der Waals surface area contributed by atoms with Crippen LogP contribution < -0.4 is 30.4 Å². The third-order valence-electron chi connectivity index (χ3n) is 11.7. The number of pyridine rings is 1. The number of carbonyl (C=O) groups excluding carboxylic acids is 4. The highest BCUT2D eigenvalue weighted by molar-refractivity contribution is 9.10. The third kappa shape index (κ3) is 7.56. The van der Waals surface area contributed by atoms with Gasteiger partial charge >= 0.3 is 12.1 Å². The maximum atomic E-state index is 14.9. The van der Waals surface area contributed by atoms with Crippen molar-refractivity contribution in [3.8, 4) is 22.9 Å². The Morgan fingerprint density at radius 2 is 1.86 bits per heavy atom. The molecule has 15 nitrogen and oxygen atoms in total. The molecule has 0 bridgehead atoms. The van der Waals surface area contributed by atoms with Gasteiger partial charge in [0.15, 0.2) is 10.9 Å². The number of carboxylic acid groups (broad SMARTS) is 1. The molecule has 2 aromatic heterocycles. The Hall–Kier alpha value is -4.61. The number of anilines is 1. The predicted molar refractivity (Wildman–Crippen MR) is 219 cm³/mol. The van der Waals surface area contributed by atoms with Gasteiger partial charge in [-0.15, -0.1) is 17.9 Å². The topological polar surface area (TPSA) is 200 Å². The Labute approximate surface area is 348 Å². The fraction of sp³-hybridized carbons (Fsp3) is 0.537. The van der Waals surface area contributed by atoms with Crippen molar-refractivity contribution < 1.29 is 48.3 Å². The van der Waals surface area contributed by atoms with Crippen molar-refractivity contribution in [2.45, 2.75) is 109 Å². The molecule has 310 valence electrons. The van der Waals surface area contributed by atoms with Gasteiger partial charge in [0.25, 0.3) is 0 Å². The summed E-state index contributed by atoms with van der Waals surface area (Å²) in [5, 5.41) is 21.9. The molecule has 1 aliphatic heterocycles. The molecule has 7 rings (SSSR count). The van der Waals surface area contributed by atoms with Crippen molar-refractivity contribution in [1.29, 1.82) is 0 Å². The number of benzene rings is 1. The number of Topliss-reactive ketones (excluding diaryl/α,β-unsaturated/α-hetero) is 1. The van der Waals surface area contributed by atoms with Gasteiger partial charge in [-0.1, -0.05) is 40.7 Å². The molecule has 6 atom stereocenters. The molecule has 2 unspecified atom stereocenters. The van der Waals surface area contributed by atoms with Crippen molar-refractivity contribution >= 4 is 73.0 Å². The lowest BCUT2D eigenvalue weighted by Gasteiger charge is -2.35. The van der Waals surface area contributed by atoms with Gasteiger partial charge in [-0.3, -0.25) is 24.5 Å². The highest BCUT2D eigenvalue weighted by Crippen LogP contribution is 2.53. The number of aliphatic carboxylic acids is 1. The smallest absolute Gasteiger partial charge is 0.408 e. The van der Waals surface area contributed by atoms with E-state index < -0.39 is 58.6 Å². The second kappa shape index (κ2) is 15.5. The Morgan fingerprint density at radius 3 is 2.48 bits per heavy atom. The zero-order chi connectivity index (χ0) is 41.9. The van der Waals surface area contributed by atoms with Crippen LogP contribution in [0.5, 0.6) is 11.5 Å². The fourth-order valence-corrected chi connectivity index (χ4v) is 9.56. The molecule has 3 aliphatic carbocycles. The molecule has 4 fully saturated rings. The number of ketones is 1. The van der Waals surface area contributed by atoms with Gasteiger partial charge in [0.1, 0.15) is 57.0 Å². The van der Waals surface area contributed by atoms with Crippen LogP contribution >= 0.6 is 27.3 Å². The number of amides is 3. The van der Waals surface area contributed by atoms with E-state index >= 15 is 0 Å². The van der Waals surface area contributed by atoms with E-state index in [9.17, 15) is 29.1 Å². The molecule has 1 spiro atoms. The summed E-state index contributed by atoms with van der Waals surface area (Å²) < 4.78 is 18.7. The number of carbonyl (C=O) groups is 5. The van der Waals surface area contributed by atoms with Crippen LogP contribution in [0.25, 0.3) is 22.3 Å². The number of thiazole rings is 1. The largest absolute Gasteiger partial charge is 0.495 e. The number of nitrogens with zero attached hydrogens (tertiary/aromatic N) is 2. The summed E-state index contributed by atoms with van der Waals surface area (Å²) in [7, 11) is 1.56. The third-order valence-corrected chi connectivity index (χ3v) is 13.3. The number of rotatable bonds is 13. The lowest BCUT2D eigenvalue weighted by molar-refractivity contribution is -0.332. The molecule has 3 aromatic rings. The van der Waals surface area contributed by atoms with Gasteiger partial charge < -0.3 is 34.9 Å². The fourth-order valence-electron chi connectivity index (χ4n) is 8.24. The summed E-state index contributed by atoms with van der Waals surface area (Å²) in [6, 6.07) is 3.31. The first-order valence-corrected chi connectivity index (χ1v) is 21.2. The minimum atomic E-state index is -1.44. The number of H-pyrrole nitrogens is 1. The molecule has 4 aliphatic rings. The summed E-state index contributed by atoms with van der Waals surface area (Å²) in [4.78, 5) is 76.8. The first kappa shape index (κ1) is 41.5. The molecule has 1 saturated heterocycles. The monoisotopic (exact) mass is 881 g/mol. The summed E-state index contributed by atoms with van der Waals surface area (Å²) in [6.07, 6.45) is 3.63. The number of methoxy groups -OCH3 is 1. The molecule has 5 N–H and O–H groups in total. The number of nitrogens with one attached hydrogen (secondary N) is 4. The Balaban J connectivity index is 1.24. The number of alkyl carbamates (subject to hydrolysis) is 1. The van der Waals surface area contributed by atoms with Crippen molar-refractivity contribution in [1.82, 2.24) is 20.5 Å². The standard InChI is InChI=1S/C41H49BrN6O9S/c1-8-21-16-40(21,36(52)53)47-31-33(49)41(31)17-23(18-48(41)35(51)32(39(4,5)6)45-38(54)57-22-11-9-10-12-22)56-28-15-25(26-19-58-37(44-26)46-34(50)20(2)3)43-30-24(28)13-14-27(55-7)29(30)42/h8,13-15,19-23,31-32,47H,1,9-12,16-18H2,2-7H3,(H,45,54)(H,52,53)(H,44,46,50)/p+1/t21-,23+,31?,32-,40-,41?/m1/s1. The second-order valence-corrected chi connectivity index (χ2v) is 18.7. The minimum absolute atomic E-state index is 0.0332. The molecule has 3 amide bonds. The number of likely N-dealkylation sites (tertiary alicyclic amines) is 1. The van der Waals surface area contributed by atoms with E-state index in [4.69, 9.17) is 14.2 Å². The van der Waals surface area contributed by atoms with E-state index in [2.05, 4.69) is 48.4 Å². The number of hydrogen-bond acceptors (Lipinski definition) is 11. The SMILES string of the molecule is C=C[C@@H]1C[C@]1(NC1C(=O)C12C[C@H](Oc1cc(-c3csc(NC(=O)C(C)C)n3)[nH+]c3c(Br)c(OC)ccc13)CN2C(=O)[C@@H](NC(=O)OC1CCCC1)C(C)(C)C)C(=O)O. The molecule has 3 saturated carbocycles. The highest BCUT2D eigenvalue weighted by Gasteiger charge is 2.77.